The van der Waals surface area contributed by atoms with E-state index in [4.69, 9.17) is 4.74 Å². The number of hydrogen-bond donors (Lipinski definition) is 0. The highest BCUT2D eigenvalue weighted by molar-refractivity contribution is 5.01. The van der Waals surface area contributed by atoms with Crippen LogP contribution in [-0.2, 0) is 4.74 Å². The molecule has 0 N–H and O–H groups in total. The third-order valence-corrected chi connectivity index (χ3v) is 1.53. The largest absolute Gasteiger partial charge is 0.366 e. The van der Waals surface area contributed by atoms with Crippen molar-refractivity contribution >= 4 is 0 Å². The van der Waals surface area contributed by atoms with Crippen molar-refractivity contribution in [1.29, 1.82) is 0 Å². The van der Waals surface area contributed by atoms with Gasteiger partial charge in [-0.05, 0) is 21.0 Å². The summed E-state index contributed by atoms with van der Waals surface area (Å²) in [5, 5.41) is 0. The van der Waals surface area contributed by atoms with E-state index in [0.717, 1.165) is 6.54 Å². The predicted molar refractivity (Wildman–Crippen MR) is 42.0 cm³/mol. The molecule has 1 aliphatic rings. The zero-order valence-electron chi connectivity index (χ0n) is 6.87. The molecule has 0 aromatic carbocycles. The van der Waals surface area contributed by atoms with Gasteiger partial charge in [0.15, 0.2) is 0 Å². The van der Waals surface area contributed by atoms with Gasteiger partial charge in [-0.3, -0.25) is 0 Å². The van der Waals surface area contributed by atoms with E-state index in [-0.39, 0.29) is 0 Å². The topological polar surface area (TPSA) is 12.5 Å². The summed E-state index contributed by atoms with van der Waals surface area (Å²) in [6.45, 7) is 3.05. The lowest BCUT2D eigenvalue weighted by Gasteiger charge is -2.15. The molecule has 0 amide bonds. The fourth-order valence-corrected chi connectivity index (χ4v) is 1.11. The molecule has 0 unspecified atom stereocenters. The third-order valence-electron chi connectivity index (χ3n) is 1.53. The molecule has 0 saturated heterocycles. The van der Waals surface area contributed by atoms with Crippen LogP contribution in [0.25, 0.3) is 0 Å². The molecule has 1 rings (SSSR count). The summed E-state index contributed by atoms with van der Waals surface area (Å²) in [6.07, 6.45) is 4.86. The van der Waals surface area contributed by atoms with Crippen molar-refractivity contribution in [2.75, 3.05) is 20.6 Å². The molecule has 0 aromatic heterocycles. The average Bonchev–Trinajstić information content (AvgIpc) is 2.13. The quantitative estimate of drug-likeness (QED) is 0.529. The molecule has 0 aliphatic carbocycles. The van der Waals surface area contributed by atoms with E-state index in [1.807, 2.05) is 0 Å². The van der Waals surface area contributed by atoms with Crippen LogP contribution in [0.3, 0.4) is 0 Å². The zero-order chi connectivity index (χ0) is 7.56. The molecule has 2 heteroatoms. The molecule has 1 heterocycles. The van der Waals surface area contributed by atoms with E-state index in [1.165, 1.54) is 0 Å². The molecule has 0 radical (unpaired) electrons. The number of likely N-dealkylation sites (N-methyl/N-ethyl adjacent to an activating group) is 1. The average molecular weight is 141 g/mol. The first-order chi connectivity index (χ1) is 4.68. The third kappa shape index (κ3) is 2.12. The maximum Gasteiger partial charge on any atom is 0.0891 e. The van der Waals surface area contributed by atoms with Gasteiger partial charge in [-0.2, -0.15) is 0 Å². The molecule has 58 valence electrons. The standard InChI is InChI=1S/C8H15NO/c1-7-4-5-8(10-7)6-9(2)3/h4-5,7-8H,6H2,1-3H3/t7-,8-/m0/s1. The minimum atomic E-state index is 0.310. The Kier molecular flexibility index (Phi) is 2.46. The minimum Gasteiger partial charge on any atom is -0.366 e. The van der Waals surface area contributed by atoms with Crippen LogP contribution in [0, 0.1) is 0 Å². The van der Waals surface area contributed by atoms with Crippen LogP contribution in [0.15, 0.2) is 12.2 Å². The van der Waals surface area contributed by atoms with Gasteiger partial charge in [-0.25, -0.2) is 0 Å². The SMILES string of the molecule is C[C@H]1C=C[C@@H](CN(C)C)O1. The van der Waals surface area contributed by atoms with Crippen molar-refractivity contribution in [2.24, 2.45) is 0 Å². The fourth-order valence-electron chi connectivity index (χ4n) is 1.11. The van der Waals surface area contributed by atoms with Gasteiger partial charge in [-0.15, -0.1) is 0 Å². The zero-order valence-corrected chi connectivity index (χ0v) is 6.87. The Morgan fingerprint density at radius 1 is 1.40 bits per heavy atom. The summed E-state index contributed by atoms with van der Waals surface area (Å²) < 4.78 is 5.52. The Bertz CT molecular complexity index is 131. The molecule has 10 heavy (non-hydrogen) atoms. The van der Waals surface area contributed by atoms with Gasteiger partial charge in [0.25, 0.3) is 0 Å². The molecular formula is C8H15NO. The van der Waals surface area contributed by atoms with E-state index in [9.17, 15) is 0 Å². The lowest BCUT2D eigenvalue weighted by atomic mass is 10.3. The maximum absolute atomic E-state index is 5.52. The van der Waals surface area contributed by atoms with Gasteiger partial charge in [-0.1, -0.05) is 12.2 Å². The summed E-state index contributed by atoms with van der Waals surface area (Å²) in [5.74, 6) is 0. The first kappa shape index (κ1) is 7.76. The highest BCUT2D eigenvalue weighted by Gasteiger charge is 2.14. The second kappa shape index (κ2) is 3.17. The van der Waals surface area contributed by atoms with Crippen molar-refractivity contribution in [1.82, 2.24) is 4.90 Å². The van der Waals surface area contributed by atoms with Crippen molar-refractivity contribution in [3.63, 3.8) is 0 Å². The molecule has 2 nitrogen and oxygen atoms in total. The highest BCUT2D eigenvalue weighted by Crippen LogP contribution is 2.10. The van der Waals surface area contributed by atoms with Gasteiger partial charge in [0, 0.05) is 6.54 Å². The Labute approximate surface area is 62.5 Å². The lowest BCUT2D eigenvalue weighted by Crippen LogP contribution is -2.25. The van der Waals surface area contributed by atoms with E-state index in [2.05, 4.69) is 38.1 Å². The van der Waals surface area contributed by atoms with Gasteiger partial charge in [0.2, 0.25) is 0 Å². The summed E-state index contributed by atoms with van der Waals surface area (Å²) in [4.78, 5) is 2.13. The van der Waals surface area contributed by atoms with Crippen LogP contribution in [0.2, 0.25) is 0 Å². The summed E-state index contributed by atoms with van der Waals surface area (Å²) in [7, 11) is 4.11. The van der Waals surface area contributed by atoms with Gasteiger partial charge in [0.1, 0.15) is 0 Å². The first-order valence-electron chi connectivity index (χ1n) is 3.67. The molecule has 2 atom stereocenters. The number of rotatable bonds is 2. The second-order valence-corrected chi connectivity index (χ2v) is 3.03. The Morgan fingerprint density at radius 2 is 2.10 bits per heavy atom. The highest BCUT2D eigenvalue weighted by atomic mass is 16.5. The van der Waals surface area contributed by atoms with Crippen LogP contribution < -0.4 is 0 Å². The molecule has 0 bridgehead atoms. The Balaban J connectivity index is 2.26. The summed E-state index contributed by atoms with van der Waals surface area (Å²) in [5.41, 5.74) is 0. The van der Waals surface area contributed by atoms with Crippen LogP contribution in [0.4, 0.5) is 0 Å². The Morgan fingerprint density at radius 3 is 2.50 bits per heavy atom. The molecule has 0 fully saturated rings. The number of nitrogens with zero attached hydrogens (tertiary/aromatic N) is 1. The maximum atomic E-state index is 5.52. The van der Waals surface area contributed by atoms with E-state index < -0.39 is 0 Å². The lowest BCUT2D eigenvalue weighted by molar-refractivity contribution is 0.0555. The summed E-state index contributed by atoms with van der Waals surface area (Å²) in [6, 6.07) is 0. The normalized spacial score (nSPS) is 32.0. The fraction of sp³-hybridized carbons (Fsp3) is 0.750. The van der Waals surface area contributed by atoms with Crippen LogP contribution >= 0.6 is 0 Å². The van der Waals surface area contributed by atoms with E-state index in [1.54, 1.807) is 0 Å². The summed E-state index contributed by atoms with van der Waals surface area (Å²) >= 11 is 0. The Hall–Kier alpha value is -0.340. The molecule has 1 aliphatic heterocycles. The smallest absolute Gasteiger partial charge is 0.0891 e. The van der Waals surface area contributed by atoms with Gasteiger partial charge < -0.3 is 9.64 Å². The van der Waals surface area contributed by atoms with Crippen molar-refractivity contribution in [3.05, 3.63) is 12.2 Å². The second-order valence-electron chi connectivity index (χ2n) is 3.03. The molecule has 0 saturated carbocycles. The van der Waals surface area contributed by atoms with E-state index >= 15 is 0 Å². The van der Waals surface area contributed by atoms with Crippen LogP contribution in [-0.4, -0.2) is 37.7 Å². The van der Waals surface area contributed by atoms with Crippen molar-refractivity contribution in [2.45, 2.75) is 19.1 Å². The molecule has 0 aromatic rings. The van der Waals surface area contributed by atoms with Crippen LogP contribution in [0.5, 0.6) is 0 Å². The van der Waals surface area contributed by atoms with E-state index in [0.29, 0.717) is 12.2 Å². The van der Waals surface area contributed by atoms with Gasteiger partial charge in [0.05, 0.1) is 12.2 Å². The minimum absolute atomic E-state index is 0.310. The molecule has 0 spiro atoms. The van der Waals surface area contributed by atoms with Crippen molar-refractivity contribution in [3.8, 4) is 0 Å². The van der Waals surface area contributed by atoms with Gasteiger partial charge >= 0.3 is 0 Å². The monoisotopic (exact) mass is 141 g/mol. The molecular weight excluding hydrogens is 126 g/mol. The van der Waals surface area contributed by atoms with Crippen molar-refractivity contribution < 1.29 is 4.74 Å². The predicted octanol–water partition coefficient (Wildman–Crippen LogP) is 0.891. The van der Waals surface area contributed by atoms with Crippen LogP contribution in [0.1, 0.15) is 6.92 Å². The number of ether oxygens (including phenoxy) is 1. The first-order valence-corrected chi connectivity index (χ1v) is 3.67. The number of hydrogen-bond acceptors (Lipinski definition) is 2.